The first-order valence-corrected chi connectivity index (χ1v) is 17.3. The largest absolute Gasteiger partial charge is 0.467 e. The van der Waals surface area contributed by atoms with Gasteiger partial charge in [0.15, 0.2) is 0 Å². The van der Waals surface area contributed by atoms with Gasteiger partial charge in [0.1, 0.15) is 17.9 Å². The second-order valence-electron chi connectivity index (χ2n) is 13.6. The molecule has 3 aromatic heterocycles. The molecule has 4 atom stereocenters. The first-order chi connectivity index (χ1) is 23.3. The molecule has 1 aromatic carbocycles. The molecule has 5 rings (SSSR count). The normalized spacial score (nSPS) is 16.2. The summed E-state index contributed by atoms with van der Waals surface area (Å²) in [7, 11) is 0. The van der Waals surface area contributed by atoms with E-state index in [0.29, 0.717) is 37.5 Å². The highest BCUT2D eigenvalue weighted by Crippen LogP contribution is 2.31. The molecule has 48 heavy (non-hydrogen) atoms. The van der Waals surface area contributed by atoms with Crippen molar-refractivity contribution in [3.63, 3.8) is 0 Å². The first-order valence-electron chi connectivity index (χ1n) is 17.3. The minimum atomic E-state index is -1.01. The Bertz CT molecular complexity index is 1600. The van der Waals surface area contributed by atoms with E-state index in [-0.39, 0.29) is 30.1 Å². The number of aromatic nitrogens is 2. The lowest BCUT2D eigenvalue weighted by atomic mass is 9.83. The molecule has 0 aliphatic heterocycles. The highest BCUT2D eigenvalue weighted by atomic mass is 16.4. The van der Waals surface area contributed by atoms with Gasteiger partial charge in [-0.25, -0.2) is 0 Å². The fourth-order valence-electron chi connectivity index (χ4n) is 6.81. The summed E-state index contributed by atoms with van der Waals surface area (Å²) in [6.45, 7) is 4.30. The summed E-state index contributed by atoms with van der Waals surface area (Å²) in [5.41, 5.74) is 2.73. The van der Waals surface area contributed by atoms with Crippen molar-refractivity contribution in [2.75, 3.05) is 0 Å². The number of pyridine rings is 1. The van der Waals surface area contributed by atoms with Crippen LogP contribution in [0.25, 0.3) is 10.9 Å². The predicted molar refractivity (Wildman–Crippen MR) is 184 cm³/mol. The van der Waals surface area contributed by atoms with Crippen LogP contribution >= 0.6 is 0 Å². The number of H-pyrrole nitrogens is 1. The fraction of sp³-hybridized carbons (Fsp3) is 0.474. The molecule has 0 spiro atoms. The van der Waals surface area contributed by atoms with E-state index in [2.05, 4.69) is 25.9 Å². The quantitative estimate of drug-likeness (QED) is 0.104. The molecule has 0 bridgehead atoms. The summed E-state index contributed by atoms with van der Waals surface area (Å²) in [6.07, 6.45) is 12.6. The van der Waals surface area contributed by atoms with Crippen LogP contribution in [0.1, 0.15) is 88.2 Å². The van der Waals surface area contributed by atoms with Gasteiger partial charge in [-0.3, -0.25) is 19.4 Å². The molecule has 256 valence electrons. The molecule has 5 N–H and O–H groups in total. The lowest BCUT2D eigenvalue weighted by Gasteiger charge is -2.31. The third-order valence-electron chi connectivity index (χ3n) is 9.35. The second kappa shape index (κ2) is 17.1. The van der Waals surface area contributed by atoms with Crippen LogP contribution in [-0.4, -0.2) is 44.9 Å². The standard InChI is InChI=1S/C38H49N5O5/c1-25(2)18-33(38(47)42-32(19-26-10-4-3-5-11-26)36(45)34-15-9-17-48-34)43-37(46)28(20-29-24-40-31-14-7-6-13-30(29)31)21-35(44)41-23-27-12-8-16-39-22-27/h6-9,12-17,22,24-26,28,32-33,36,40,45H,3-5,10-11,18-21,23H2,1-2H3,(H,41,44)(H,42,47)(H,43,46)/t28-,32-,33+,36+/m1/s1. The number of aliphatic hydroxyl groups excluding tert-OH is 1. The molecular weight excluding hydrogens is 606 g/mol. The van der Waals surface area contributed by atoms with E-state index in [1.54, 1.807) is 24.5 Å². The third-order valence-corrected chi connectivity index (χ3v) is 9.35. The van der Waals surface area contributed by atoms with Gasteiger partial charge in [-0.1, -0.05) is 70.2 Å². The number of fused-ring (bicyclic) bond motifs is 1. The number of nitrogens with one attached hydrogen (secondary N) is 4. The molecule has 3 amide bonds. The Morgan fingerprint density at radius 1 is 1.00 bits per heavy atom. The zero-order valence-corrected chi connectivity index (χ0v) is 28.0. The van der Waals surface area contributed by atoms with Crippen LogP contribution in [0.5, 0.6) is 0 Å². The Kier molecular flexibility index (Phi) is 12.4. The lowest BCUT2D eigenvalue weighted by Crippen LogP contribution is -2.53. The van der Waals surface area contributed by atoms with Gasteiger partial charge in [0.2, 0.25) is 17.7 Å². The molecule has 10 nitrogen and oxygen atoms in total. The number of furan rings is 1. The first kappa shape index (κ1) is 34.9. The maximum atomic E-state index is 14.1. The minimum Gasteiger partial charge on any atom is -0.467 e. The molecule has 4 aromatic rings. The molecule has 1 aliphatic carbocycles. The Hall–Kier alpha value is -4.44. The van der Waals surface area contributed by atoms with Gasteiger partial charge in [-0.05, 0) is 66.5 Å². The Morgan fingerprint density at radius 2 is 1.81 bits per heavy atom. The molecule has 0 saturated heterocycles. The maximum Gasteiger partial charge on any atom is 0.242 e. The molecule has 3 heterocycles. The molecule has 1 fully saturated rings. The van der Waals surface area contributed by atoms with Crippen LogP contribution in [-0.2, 0) is 27.3 Å². The van der Waals surface area contributed by atoms with Crippen molar-refractivity contribution in [2.45, 2.75) is 96.4 Å². The number of benzene rings is 1. The van der Waals surface area contributed by atoms with Gasteiger partial charge >= 0.3 is 0 Å². The maximum absolute atomic E-state index is 14.1. The topological polar surface area (TPSA) is 149 Å². The SMILES string of the molecule is CC(C)C[C@H](NC(=O)[C@@H](CC(=O)NCc1cccnc1)Cc1c[nH]c2ccccc12)C(=O)N[C@H](CC1CCCCC1)[C@H](O)c1ccco1. The van der Waals surface area contributed by atoms with E-state index >= 15 is 0 Å². The van der Waals surface area contributed by atoms with Gasteiger partial charge in [0.05, 0.1) is 18.2 Å². The zero-order valence-electron chi connectivity index (χ0n) is 28.0. The van der Waals surface area contributed by atoms with E-state index < -0.39 is 24.1 Å². The van der Waals surface area contributed by atoms with Crippen molar-refractivity contribution in [3.8, 4) is 0 Å². The molecule has 10 heteroatoms. The van der Waals surface area contributed by atoms with Crippen molar-refractivity contribution in [1.29, 1.82) is 0 Å². The van der Waals surface area contributed by atoms with Crippen LogP contribution in [0.15, 0.2) is 77.8 Å². The van der Waals surface area contributed by atoms with Crippen LogP contribution < -0.4 is 16.0 Å². The van der Waals surface area contributed by atoms with Gasteiger partial charge in [0, 0.05) is 42.5 Å². The van der Waals surface area contributed by atoms with Gasteiger partial charge < -0.3 is 30.5 Å². The van der Waals surface area contributed by atoms with Gasteiger partial charge in [0.25, 0.3) is 0 Å². The molecular formula is C38H49N5O5. The number of para-hydroxylation sites is 1. The molecule has 0 unspecified atom stereocenters. The Morgan fingerprint density at radius 3 is 2.54 bits per heavy atom. The number of hydrogen-bond acceptors (Lipinski definition) is 6. The van der Waals surface area contributed by atoms with E-state index in [4.69, 9.17) is 4.42 Å². The van der Waals surface area contributed by atoms with E-state index in [0.717, 1.165) is 47.7 Å². The number of nitrogens with zero attached hydrogens (tertiary/aromatic N) is 1. The number of amides is 3. The average Bonchev–Trinajstić information content (AvgIpc) is 3.78. The van der Waals surface area contributed by atoms with E-state index in [1.807, 2.05) is 56.4 Å². The van der Waals surface area contributed by atoms with Crippen molar-refractivity contribution in [2.24, 2.45) is 17.8 Å². The molecule has 0 radical (unpaired) electrons. The average molecular weight is 656 g/mol. The number of hydrogen-bond donors (Lipinski definition) is 5. The Labute approximate surface area is 282 Å². The van der Waals surface area contributed by atoms with Gasteiger partial charge in [-0.15, -0.1) is 0 Å². The Balaban J connectivity index is 1.32. The highest BCUT2D eigenvalue weighted by molar-refractivity contribution is 5.91. The van der Waals surface area contributed by atoms with Crippen LogP contribution in [0.3, 0.4) is 0 Å². The third kappa shape index (κ3) is 9.79. The predicted octanol–water partition coefficient (Wildman–Crippen LogP) is 5.74. The van der Waals surface area contributed by atoms with Crippen molar-refractivity contribution >= 4 is 28.6 Å². The summed E-state index contributed by atoms with van der Waals surface area (Å²) in [6, 6.07) is 13.6. The zero-order chi connectivity index (χ0) is 33.9. The number of aromatic amines is 1. The van der Waals surface area contributed by atoms with Crippen LogP contribution in [0.2, 0.25) is 0 Å². The highest BCUT2D eigenvalue weighted by Gasteiger charge is 2.33. The monoisotopic (exact) mass is 655 g/mol. The number of carbonyl (C=O) groups is 3. The lowest BCUT2D eigenvalue weighted by molar-refractivity contribution is -0.134. The smallest absolute Gasteiger partial charge is 0.242 e. The molecule has 1 aliphatic rings. The van der Waals surface area contributed by atoms with E-state index in [9.17, 15) is 19.5 Å². The number of aliphatic hydroxyl groups is 1. The van der Waals surface area contributed by atoms with Crippen LogP contribution in [0, 0.1) is 17.8 Å². The number of carbonyl (C=O) groups excluding carboxylic acids is 3. The van der Waals surface area contributed by atoms with Crippen molar-refractivity contribution in [1.82, 2.24) is 25.9 Å². The van der Waals surface area contributed by atoms with Crippen molar-refractivity contribution < 1.29 is 23.9 Å². The van der Waals surface area contributed by atoms with Crippen LogP contribution in [0.4, 0.5) is 0 Å². The summed E-state index contributed by atoms with van der Waals surface area (Å²) in [5, 5.41) is 21.3. The summed E-state index contributed by atoms with van der Waals surface area (Å²) in [4.78, 5) is 48.6. The minimum absolute atomic E-state index is 0.0524. The van der Waals surface area contributed by atoms with Crippen molar-refractivity contribution in [3.05, 3.63) is 90.3 Å². The second-order valence-corrected chi connectivity index (χ2v) is 13.6. The summed E-state index contributed by atoms with van der Waals surface area (Å²) in [5.74, 6) is -0.828. The summed E-state index contributed by atoms with van der Waals surface area (Å²) < 4.78 is 5.52. The fourth-order valence-corrected chi connectivity index (χ4v) is 6.81. The molecule has 1 saturated carbocycles. The van der Waals surface area contributed by atoms with E-state index in [1.165, 1.54) is 12.7 Å². The summed E-state index contributed by atoms with van der Waals surface area (Å²) >= 11 is 0. The van der Waals surface area contributed by atoms with Gasteiger partial charge in [-0.2, -0.15) is 0 Å². The number of rotatable bonds is 16.